The first-order valence-electron chi connectivity index (χ1n) is 5.04. The summed E-state index contributed by atoms with van der Waals surface area (Å²) in [5.74, 6) is 0.331. The molecule has 1 aromatic rings. The highest BCUT2D eigenvalue weighted by Crippen LogP contribution is 2.21. The summed E-state index contributed by atoms with van der Waals surface area (Å²) >= 11 is 0. The molecular formula is C10H13NO4S2. The Kier molecular flexibility index (Phi) is 4.41. The highest BCUT2D eigenvalue weighted by Gasteiger charge is 2.13. The van der Waals surface area contributed by atoms with E-state index in [0.29, 0.717) is 5.92 Å². The molecule has 0 aliphatic carbocycles. The standard InChI is InChI=1S/C10H13NO4S2/c1-3-8(2)9-4-6-10(7-5-9)17(14,15)11-16(12)13/h4-8H,3H2,1-2H3. The lowest BCUT2D eigenvalue weighted by molar-refractivity contribution is 0.596. The molecule has 5 nitrogen and oxygen atoms in total. The Morgan fingerprint density at radius 1 is 1.24 bits per heavy atom. The summed E-state index contributed by atoms with van der Waals surface area (Å²) in [5.41, 5.74) is 1.01. The average molecular weight is 275 g/mol. The first-order valence-corrected chi connectivity index (χ1v) is 7.51. The van der Waals surface area contributed by atoms with Gasteiger partial charge in [0.2, 0.25) is 0 Å². The van der Waals surface area contributed by atoms with Gasteiger partial charge in [-0.3, -0.25) is 0 Å². The normalized spacial score (nSPS) is 13.1. The molecular weight excluding hydrogens is 262 g/mol. The van der Waals surface area contributed by atoms with Crippen LogP contribution in [0.1, 0.15) is 31.7 Å². The topological polar surface area (TPSA) is 80.6 Å². The van der Waals surface area contributed by atoms with Crippen LogP contribution >= 0.6 is 0 Å². The van der Waals surface area contributed by atoms with Crippen LogP contribution in [0.2, 0.25) is 0 Å². The Hall–Kier alpha value is -1.21. The Labute approximate surface area is 102 Å². The number of nitrogens with zero attached hydrogens (tertiary/aromatic N) is 1. The number of hydrogen-bond donors (Lipinski definition) is 0. The molecule has 0 saturated carbocycles. The second-order valence-electron chi connectivity index (χ2n) is 3.65. The molecule has 0 aliphatic heterocycles. The van der Waals surface area contributed by atoms with Gasteiger partial charge >= 0.3 is 10.5 Å². The molecule has 1 unspecified atom stereocenters. The van der Waals surface area contributed by atoms with E-state index in [1.54, 1.807) is 12.1 Å². The molecule has 0 bridgehead atoms. The molecule has 94 valence electrons. The Morgan fingerprint density at radius 3 is 2.18 bits per heavy atom. The summed E-state index contributed by atoms with van der Waals surface area (Å²) in [4.78, 5) is -0.117. The molecule has 0 N–H and O–H groups in total. The van der Waals surface area contributed by atoms with Crippen LogP contribution in [-0.2, 0) is 20.5 Å². The Morgan fingerprint density at radius 2 is 1.76 bits per heavy atom. The highest BCUT2D eigenvalue weighted by molar-refractivity contribution is 7.94. The Balaban J connectivity index is 3.16. The van der Waals surface area contributed by atoms with Crippen LogP contribution in [0.25, 0.3) is 0 Å². The van der Waals surface area contributed by atoms with Crippen molar-refractivity contribution in [3.63, 3.8) is 0 Å². The summed E-state index contributed by atoms with van der Waals surface area (Å²) in [7, 11) is -7.06. The summed E-state index contributed by atoms with van der Waals surface area (Å²) in [6, 6.07) is 6.08. The predicted octanol–water partition coefficient (Wildman–Crippen LogP) is 1.95. The van der Waals surface area contributed by atoms with Gasteiger partial charge < -0.3 is 0 Å². The lowest BCUT2D eigenvalue weighted by Gasteiger charge is -2.08. The molecule has 0 radical (unpaired) electrons. The van der Waals surface area contributed by atoms with Crippen LogP contribution in [0.5, 0.6) is 0 Å². The summed E-state index contributed by atoms with van der Waals surface area (Å²) in [6.45, 7) is 4.06. The van der Waals surface area contributed by atoms with Gasteiger partial charge in [-0.25, -0.2) is 0 Å². The van der Waals surface area contributed by atoms with E-state index < -0.39 is 20.5 Å². The molecule has 7 heteroatoms. The molecule has 1 atom stereocenters. The fourth-order valence-corrected chi connectivity index (χ4v) is 2.79. The average Bonchev–Trinajstić information content (AvgIpc) is 2.26. The van der Waals surface area contributed by atoms with Gasteiger partial charge in [-0.05, 0) is 33.8 Å². The second-order valence-corrected chi connectivity index (χ2v) is 6.10. The van der Waals surface area contributed by atoms with Crippen LogP contribution in [0, 0.1) is 0 Å². The van der Waals surface area contributed by atoms with E-state index in [9.17, 15) is 16.8 Å². The van der Waals surface area contributed by atoms with E-state index in [2.05, 4.69) is 3.77 Å². The second kappa shape index (κ2) is 5.42. The van der Waals surface area contributed by atoms with Gasteiger partial charge in [0.05, 0.1) is 4.90 Å². The molecule has 0 fully saturated rings. The third kappa shape index (κ3) is 3.64. The fourth-order valence-electron chi connectivity index (χ4n) is 1.33. The number of hydrogen-bond acceptors (Lipinski definition) is 4. The van der Waals surface area contributed by atoms with Crippen LogP contribution in [0.15, 0.2) is 32.9 Å². The molecule has 0 spiro atoms. The van der Waals surface area contributed by atoms with Gasteiger partial charge in [0.15, 0.2) is 0 Å². The minimum Gasteiger partial charge on any atom is -0.198 e. The number of sulfonamides is 1. The van der Waals surface area contributed by atoms with E-state index in [4.69, 9.17) is 0 Å². The molecule has 0 aromatic heterocycles. The van der Waals surface area contributed by atoms with Gasteiger partial charge in [0.25, 0.3) is 10.0 Å². The fraction of sp³-hybridized carbons (Fsp3) is 0.400. The van der Waals surface area contributed by atoms with Gasteiger partial charge in [-0.2, -0.15) is 16.8 Å². The van der Waals surface area contributed by atoms with Crippen molar-refractivity contribution >= 4 is 20.5 Å². The quantitative estimate of drug-likeness (QED) is 0.841. The lowest BCUT2D eigenvalue weighted by atomic mass is 9.99. The van der Waals surface area contributed by atoms with E-state index in [-0.39, 0.29) is 4.90 Å². The van der Waals surface area contributed by atoms with Crippen molar-refractivity contribution in [1.29, 1.82) is 0 Å². The van der Waals surface area contributed by atoms with Crippen LogP contribution < -0.4 is 0 Å². The van der Waals surface area contributed by atoms with E-state index in [0.717, 1.165) is 12.0 Å². The predicted molar refractivity (Wildman–Crippen MR) is 63.7 cm³/mol. The van der Waals surface area contributed by atoms with Gasteiger partial charge in [0, 0.05) is 0 Å². The molecule has 0 aliphatic rings. The molecule has 17 heavy (non-hydrogen) atoms. The SMILES string of the molecule is CCC(C)c1ccc(S(=O)(=O)N=S(=O)=O)cc1. The maximum atomic E-state index is 11.4. The maximum absolute atomic E-state index is 11.4. The first kappa shape index (κ1) is 13.9. The van der Waals surface area contributed by atoms with Crippen LogP contribution in [-0.4, -0.2) is 16.8 Å². The largest absolute Gasteiger partial charge is 0.327 e. The zero-order chi connectivity index (χ0) is 13.1. The molecule has 0 saturated heterocycles. The Bertz CT molecular complexity index is 607. The van der Waals surface area contributed by atoms with E-state index in [1.807, 2.05) is 13.8 Å². The van der Waals surface area contributed by atoms with Crippen molar-refractivity contribution in [3.8, 4) is 0 Å². The van der Waals surface area contributed by atoms with Gasteiger partial charge in [-0.1, -0.05) is 26.0 Å². The highest BCUT2D eigenvalue weighted by atomic mass is 32.2. The molecule has 1 rings (SSSR count). The lowest BCUT2D eigenvalue weighted by Crippen LogP contribution is -1.98. The third-order valence-corrected chi connectivity index (χ3v) is 4.66. The van der Waals surface area contributed by atoms with Crippen molar-refractivity contribution in [2.45, 2.75) is 31.1 Å². The van der Waals surface area contributed by atoms with E-state index in [1.165, 1.54) is 12.1 Å². The van der Waals surface area contributed by atoms with Gasteiger partial charge in [0.1, 0.15) is 0 Å². The maximum Gasteiger partial charge on any atom is 0.327 e. The van der Waals surface area contributed by atoms with Crippen molar-refractivity contribution in [2.75, 3.05) is 0 Å². The monoisotopic (exact) mass is 275 g/mol. The van der Waals surface area contributed by atoms with Crippen molar-refractivity contribution < 1.29 is 16.8 Å². The number of rotatable bonds is 4. The molecule has 1 aromatic carbocycles. The zero-order valence-corrected chi connectivity index (χ0v) is 11.1. The summed E-state index contributed by atoms with van der Waals surface area (Å²) < 4.78 is 46.1. The molecule has 0 heterocycles. The van der Waals surface area contributed by atoms with Crippen molar-refractivity contribution in [2.24, 2.45) is 3.77 Å². The van der Waals surface area contributed by atoms with Crippen LogP contribution in [0.4, 0.5) is 0 Å². The zero-order valence-electron chi connectivity index (χ0n) is 9.49. The summed E-state index contributed by atoms with van der Waals surface area (Å²) in [5, 5.41) is 0. The first-order chi connectivity index (χ1) is 7.86. The third-order valence-electron chi connectivity index (χ3n) is 2.52. The van der Waals surface area contributed by atoms with Gasteiger partial charge in [-0.15, -0.1) is 0 Å². The van der Waals surface area contributed by atoms with Crippen molar-refractivity contribution in [3.05, 3.63) is 29.8 Å². The van der Waals surface area contributed by atoms with Crippen molar-refractivity contribution in [1.82, 2.24) is 0 Å². The minimum absolute atomic E-state index is 0.117. The van der Waals surface area contributed by atoms with E-state index >= 15 is 0 Å². The smallest absolute Gasteiger partial charge is 0.198 e. The summed E-state index contributed by atoms with van der Waals surface area (Å²) in [6.07, 6.45) is 0.945. The minimum atomic E-state index is -4.10. The molecule has 0 amide bonds. The van der Waals surface area contributed by atoms with Crippen LogP contribution in [0.3, 0.4) is 0 Å². The number of benzene rings is 1.